The number of carbonyl (C=O) groups excluding carboxylic acids is 1. The standard InChI is InChI=1S/C26H28ClN3O2/c1-32-25-12-11-23(27)17-24(25)28-26(31)22-9-7-21(8-10-22)19-30-15-13-29(14-16-30)18-20-5-3-2-4-6-20/h2-12,17H,13-16,18-19H2,1H3,(H,28,31). The van der Waals surface area contributed by atoms with Crippen LogP contribution >= 0.6 is 11.6 Å². The van der Waals surface area contributed by atoms with E-state index >= 15 is 0 Å². The molecule has 1 amide bonds. The van der Waals surface area contributed by atoms with Crippen molar-refractivity contribution in [2.24, 2.45) is 0 Å². The van der Waals surface area contributed by atoms with Crippen LogP contribution in [0.15, 0.2) is 72.8 Å². The molecule has 1 N–H and O–H groups in total. The molecule has 0 atom stereocenters. The van der Waals surface area contributed by atoms with E-state index in [0.717, 1.165) is 39.3 Å². The normalized spacial score (nSPS) is 14.8. The third-order valence-electron chi connectivity index (χ3n) is 5.75. The summed E-state index contributed by atoms with van der Waals surface area (Å²) >= 11 is 6.05. The van der Waals surface area contributed by atoms with Gasteiger partial charge in [0.05, 0.1) is 12.8 Å². The van der Waals surface area contributed by atoms with E-state index in [4.69, 9.17) is 16.3 Å². The quantitative estimate of drug-likeness (QED) is 0.556. The molecule has 5 nitrogen and oxygen atoms in total. The van der Waals surface area contributed by atoms with E-state index in [2.05, 4.69) is 45.4 Å². The maximum absolute atomic E-state index is 12.7. The second-order valence-corrected chi connectivity index (χ2v) is 8.47. The van der Waals surface area contributed by atoms with E-state index < -0.39 is 0 Å². The molecule has 0 radical (unpaired) electrons. The summed E-state index contributed by atoms with van der Waals surface area (Å²) in [5, 5.41) is 3.42. The predicted octanol–water partition coefficient (Wildman–Crippen LogP) is 4.92. The minimum Gasteiger partial charge on any atom is -0.495 e. The summed E-state index contributed by atoms with van der Waals surface area (Å²) in [5.41, 5.74) is 3.73. The third kappa shape index (κ3) is 5.88. The van der Waals surface area contributed by atoms with Crippen LogP contribution in [-0.2, 0) is 13.1 Å². The minimum atomic E-state index is -0.188. The first-order valence-corrected chi connectivity index (χ1v) is 11.2. The second kappa shape index (κ2) is 10.6. The summed E-state index contributed by atoms with van der Waals surface area (Å²) < 4.78 is 5.30. The average Bonchev–Trinajstić information content (AvgIpc) is 2.82. The van der Waals surface area contributed by atoms with E-state index in [1.807, 2.05) is 24.3 Å². The molecule has 3 aromatic carbocycles. The lowest BCUT2D eigenvalue weighted by atomic mass is 10.1. The van der Waals surface area contributed by atoms with Gasteiger partial charge in [-0.15, -0.1) is 0 Å². The zero-order valence-corrected chi connectivity index (χ0v) is 19.0. The number of rotatable bonds is 7. The molecule has 1 aliphatic heterocycles. The molecule has 32 heavy (non-hydrogen) atoms. The Morgan fingerprint density at radius 1 is 0.875 bits per heavy atom. The number of carbonyl (C=O) groups is 1. The molecule has 6 heteroatoms. The van der Waals surface area contributed by atoms with E-state index in [1.54, 1.807) is 25.3 Å². The van der Waals surface area contributed by atoms with Crippen LogP contribution in [0.25, 0.3) is 0 Å². The fraction of sp³-hybridized carbons (Fsp3) is 0.269. The summed E-state index contributed by atoms with van der Waals surface area (Å²) in [6.45, 7) is 6.13. The van der Waals surface area contributed by atoms with Crippen molar-refractivity contribution in [3.8, 4) is 5.75 Å². The van der Waals surface area contributed by atoms with E-state index in [-0.39, 0.29) is 5.91 Å². The SMILES string of the molecule is COc1ccc(Cl)cc1NC(=O)c1ccc(CN2CCN(Cc3ccccc3)CC2)cc1. The summed E-state index contributed by atoms with van der Waals surface area (Å²) in [5.74, 6) is 0.386. The van der Waals surface area contributed by atoms with Crippen LogP contribution in [0.3, 0.4) is 0 Å². The first-order valence-electron chi connectivity index (χ1n) is 10.8. The first kappa shape index (κ1) is 22.3. The van der Waals surface area contributed by atoms with Crippen molar-refractivity contribution in [2.75, 3.05) is 38.6 Å². The lowest BCUT2D eigenvalue weighted by Crippen LogP contribution is -2.45. The number of nitrogens with one attached hydrogen (secondary N) is 1. The number of benzene rings is 3. The summed E-state index contributed by atoms with van der Waals surface area (Å²) in [4.78, 5) is 17.6. The zero-order chi connectivity index (χ0) is 22.3. The Morgan fingerprint density at radius 2 is 1.47 bits per heavy atom. The minimum absolute atomic E-state index is 0.188. The van der Waals surface area contributed by atoms with Crippen molar-refractivity contribution in [2.45, 2.75) is 13.1 Å². The van der Waals surface area contributed by atoms with Crippen molar-refractivity contribution in [1.82, 2.24) is 9.80 Å². The van der Waals surface area contributed by atoms with Crippen LogP contribution in [0.1, 0.15) is 21.5 Å². The Bertz CT molecular complexity index is 1030. The van der Waals surface area contributed by atoms with Crippen molar-refractivity contribution in [3.05, 3.63) is 94.5 Å². The summed E-state index contributed by atoms with van der Waals surface area (Å²) in [6.07, 6.45) is 0. The lowest BCUT2D eigenvalue weighted by molar-refractivity contribution is 0.102. The highest BCUT2D eigenvalue weighted by atomic mass is 35.5. The monoisotopic (exact) mass is 449 g/mol. The van der Waals surface area contributed by atoms with Crippen LogP contribution in [0.2, 0.25) is 5.02 Å². The van der Waals surface area contributed by atoms with Gasteiger partial charge in [-0.2, -0.15) is 0 Å². The summed E-state index contributed by atoms with van der Waals surface area (Å²) in [6, 6.07) is 23.6. The van der Waals surface area contributed by atoms with Crippen LogP contribution in [-0.4, -0.2) is 49.0 Å². The molecule has 0 unspecified atom stereocenters. The number of methoxy groups -OCH3 is 1. The number of piperazine rings is 1. The molecule has 1 saturated heterocycles. The predicted molar refractivity (Wildman–Crippen MR) is 129 cm³/mol. The topological polar surface area (TPSA) is 44.8 Å². The molecule has 0 saturated carbocycles. The fourth-order valence-electron chi connectivity index (χ4n) is 3.94. The van der Waals surface area contributed by atoms with Gasteiger partial charge < -0.3 is 10.1 Å². The molecule has 3 aromatic rings. The molecule has 0 aromatic heterocycles. The Labute approximate surface area is 194 Å². The van der Waals surface area contributed by atoms with Crippen molar-refractivity contribution < 1.29 is 9.53 Å². The van der Waals surface area contributed by atoms with Gasteiger partial charge in [-0.25, -0.2) is 0 Å². The van der Waals surface area contributed by atoms with Crippen LogP contribution in [0.5, 0.6) is 5.75 Å². The molecular weight excluding hydrogens is 422 g/mol. The highest BCUT2D eigenvalue weighted by Gasteiger charge is 2.17. The van der Waals surface area contributed by atoms with Crippen molar-refractivity contribution >= 4 is 23.2 Å². The Morgan fingerprint density at radius 3 is 2.06 bits per heavy atom. The van der Waals surface area contributed by atoms with Gasteiger partial charge in [-0.05, 0) is 41.5 Å². The maximum atomic E-state index is 12.7. The van der Waals surface area contributed by atoms with Gasteiger partial charge in [-0.1, -0.05) is 54.1 Å². The number of anilines is 1. The van der Waals surface area contributed by atoms with E-state index in [1.165, 1.54) is 11.1 Å². The lowest BCUT2D eigenvalue weighted by Gasteiger charge is -2.34. The maximum Gasteiger partial charge on any atom is 0.255 e. The first-order chi connectivity index (χ1) is 15.6. The van der Waals surface area contributed by atoms with E-state index in [0.29, 0.717) is 22.0 Å². The van der Waals surface area contributed by atoms with Crippen LogP contribution < -0.4 is 10.1 Å². The van der Waals surface area contributed by atoms with Crippen molar-refractivity contribution in [1.29, 1.82) is 0 Å². The van der Waals surface area contributed by atoms with E-state index in [9.17, 15) is 4.79 Å². The van der Waals surface area contributed by atoms with Gasteiger partial charge in [0.25, 0.3) is 5.91 Å². The molecule has 4 rings (SSSR count). The highest BCUT2D eigenvalue weighted by molar-refractivity contribution is 6.31. The Kier molecular flexibility index (Phi) is 7.43. The number of amides is 1. The highest BCUT2D eigenvalue weighted by Crippen LogP contribution is 2.28. The molecule has 1 fully saturated rings. The number of ether oxygens (including phenoxy) is 1. The smallest absolute Gasteiger partial charge is 0.255 e. The largest absolute Gasteiger partial charge is 0.495 e. The number of hydrogen-bond acceptors (Lipinski definition) is 4. The second-order valence-electron chi connectivity index (χ2n) is 8.03. The summed E-state index contributed by atoms with van der Waals surface area (Å²) in [7, 11) is 1.56. The molecule has 0 spiro atoms. The van der Waals surface area contributed by atoms with Crippen LogP contribution in [0, 0.1) is 0 Å². The third-order valence-corrected chi connectivity index (χ3v) is 5.98. The Balaban J connectivity index is 1.29. The average molecular weight is 450 g/mol. The van der Waals surface area contributed by atoms with Gasteiger partial charge in [-0.3, -0.25) is 14.6 Å². The zero-order valence-electron chi connectivity index (χ0n) is 18.3. The molecule has 1 aliphatic rings. The molecule has 0 bridgehead atoms. The number of hydrogen-bond donors (Lipinski definition) is 1. The fourth-order valence-corrected chi connectivity index (χ4v) is 4.11. The number of halogens is 1. The number of nitrogens with zero attached hydrogens (tertiary/aromatic N) is 2. The van der Waals surface area contributed by atoms with Gasteiger partial charge in [0, 0.05) is 49.9 Å². The molecule has 1 heterocycles. The molecule has 166 valence electrons. The van der Waals surface area contributed by atoms with Crippen molar-refractivity contribution in [3.63, 3.8) is 0 Å². The Hall–Kier alpha value is -2.86. The van der Waals surface area contributed by atoms with Crippen LogP contribution in [0.4, 0.5) is 5.69 Å². The van der Waals surface area contributed by atoms with Gasteiger partial charge >= 0.3 is 0 Å². The molecular formula is C26H28ClN3O2. The van der Waals surface area contributed by atoms with Gasteiger partial charge in [0.1, 0.15) is 5.75 Å². The van der Waals surface area contributed by atoms with Gasteiger partial charge in [0.2, 0.25) is 0 Å². The van der Waals surface area contributed by atoms with Gasteiger partial charge in [0.15, 0.2) is 0 Å². The molecule has 0 aliphatic carbocycles.